The molecule has 228 valence electrons. The molecule has 2 amide bonds. The molecule has 43 heavy (non-hydrogen) atoms. The van der Waals surface area contributed by atoms with Crippen molar-refractivity contribution in [1.82, 2.24) is 24.8 Å². The van der Waals surface area contributed by atoms with E-state index in [0.29, 0.717) is 41.4 Å². The van der Waals surface area contributed by atoms with Crippen molar-refractivity contribution >= 4 is 40.2 Å². The van der Waals surface area contributed by atoms with Crippen LogP contribution in [0.1, 0.15) is 17.4 Å². The molecule has 1 aliphatic rings. The van der Waals surface area contributed by atoms with Crippen LogP contribution in [0.3, 0.4) is 0 Å². The molecule has 2 aromatic heterocycles. The smallest absolute Gasteiger partial charge is 0.228 e. The fourth-order valence-electron chi connectivity index (χ4n) is 4.64. The number of anilines is 3. The van der Waals surface area contributed by atoms with E-state index in [-0.39, 0.29) is 30.1 Å². The number of carbonyl (C=O) groups is 2. The van der Waals surface area contributed by atoms with Crippen LogP contribution in [0, 0.1) is 0 Å². The maximum Gasteiger partial charge on any atom is 0.228 e. The fourth-order valence-corrected chi connectivity index (χ4v) is 4.64. The van der Waals surface area contributed by atoms with Gasteiger partial charge in [0.05, 0.1) is 25.8 Å². The molecule has 0 spiro atoms. The minimum Gasteiger partial charge on any atom is -0.412 e. The lowest BCUT2D eigenvalue weighted by molar-refractivity contribution is -0.120. The minimum absolute atomic E-state index is 0. The molecule has 1 fully saturated rings. The molecular weight excluding hydrogens is 560 g/mol. The van der Waals surface area contributed by atoms with Gasteiger partial charge in [0.1, 0.15) is 24.6 Å². The largest absolute Gasteiger partial charge is 0.412 e. The number of rotatable bonds is 11. The van der Waals surface area contributed by atoms with E-state index < -0.39 is 31.1 Å². The first kappa shape index (κ1) is 31.4. The second-order valence-electron chi connectivity index (χ2n) is 9.83. The van der Waals surface area contributed by atoms with Gasteiger partial charge < -0.3 is 47.2 Å². The molecule has 1 saturated heterocycles. The summed E-state index contributed by atoms with van der Waals surface area (Å²) in [6, 6.07) is 14.4. The Morgan fingerprint density at radius 2 is 1.56 bits per heavy atom. The Hall–Kier alpha value is -4.51. The Morgan fingerprint density at radius 1 is 0.907 bits per heavy atom. The lowest BCUT2D eigenvalue weighted by atomic mass is 10.1. The van der Waals surface area contributed by atoms with Gasteiger partial charge in [0.25, 0.3) is 0 Å². The Morgan fingerprint density at radius 3 is 2.19 bits per heavy atom. The maximum atomic E-state index is 12.6. The van der Waals surface area contributed by atoms with Gasteiger partial charge >= 0.3 is 0 Å². The molecule has 0 radical (unpaired) electrons. The van der Waals surface area contributed by atoms with Crippen LogP contribution in [0.5, 0.6) is 0 Å². The average molecular weight is 595 g/mol. The number of aliphatic hydroxyl groups excluding tert-OH is 3. The lowest BCUT2D eigenvalue weighted by Crippen LogP contribution is -2.33. The standard InChI is InChI=1S/C28H32N8O6.H2O/c29-9-10-30-21(38)11-16-1-5-18(6-2-16)34-22(39)12-17-3-7-19(8-4-17)35-26-23-27(32-14-31-26)36(15-33-23)28-25(41)24(40)20(13-37)42-28;/h1-8,14-15,20,24-25,28,37,40-41H,9-13,29H2,(H,30,38)(H,34,39)(H,31,32,35);1H2/t20-,24-,25+,28-;/m1./s1. The van der Waals surface area contributed by atoms with E-state index in [4.69, 9.17) is 10.5 Å². The highest BCUT2D eigenvalue weighted by Crippen LogP contribution is 2.32. The number of aromatic nitrogens is 4. The first-order valence-electron chi connectivity index (χ1n) is 13.4. The highest BCUT2D eigenvalue weighted by atomic mass is 16.6. The Labute approximate surface area is 246 Å². The molecule has 0 unspecified atom stereocenters. The van der Waals surface area contributed by atoms with Crippen LogP contribution in [0.25, 0.3) is 11.2 Å². The zero-order valence-electron chi connectivity index (χ0n) is 23.1. The molecule has 10 N–H and O–H groups in total. The van der Waals surface area contributed by atoms with Crippen molar-refractivity contribution in [2.75, 3.05) is 30.3 Å². The number of aliphatic hydroxyl groups is 3. The van der Waals surface area contributed by atoms with Crippen LogP contribution < -0.4 is 21.7 Å². The summed E-state index contributed by atoms with van der Waals surface area (Å²) in [6.45, 7) is 0.379. The van der Waals surface area contributed by atoms with Gasteiger partial charge in [-0.3, -0.25) is 14.2 Å². The van der Waals surface area contributed by atoms with Crippen molar-refractivity contribution in [3.8, 4) is 0 Å². The number of nitrogens with zero attached hydrogens (tertiary/aromatic N) is 4. The van der Waals surface area contributed by atoms with Gasteiger partial charge in [0.2, 0.25) is 11.8 Å². The van der Waals surface area contributed by atoms with Gasteiger partial charge in [0.15, 0.2) is 23.2 Å². The van der Waals surface area contributed by atoms with E-state index in [1.807, 2.05) is 24.3 Å². The summed E-state index contributed by atoms with van der Waals surface area (Å²) in [4.78, 5) is 37.3. The number of nitrogens with two attached hydrogens (primary N) is 1. The van der Waals surface area contributed by atoms with Gasteiger partial charge in [-0.05, 0) is 35.4 Å². The molecule has 4 aromatic rings. The van der Waals surface area contributed by atoms with Gasteiger partial charge in [-0.25, -0.2) is 15.0 Å². The van der Waals surface area contributed by atoms with E-state index in [1.165, 1.54) is 17.2 Å². The molecule has 15 heteroatoms. The van der Waals surface area contributed by atoms with Crippen LogP contribution in [-0.4, -0.2) is 90.1 Å². The predicted molar refractivity (Wildman–Crippen MR) is 156 cm³/mol. The van der Waals surface area contributed by atoms with E-state index in [1.54, 1.807) is 24.3 Å². The molecule has 5 rings (SSSR count). The van der Waals surface area contributed by atoms with Crippen molar-refractivity contribution in [2.24, 2.45) is 5.73 Å². The second kappa shape index (κ2) is 14.1. The van der Waals surface area contributed by atoms with Crippen LogP contribution in [-0.2, 0) is 27.2 Å². The highest BCUT2D eigenvalue weighted by Gasteiger charge is 2.44. The normalized spacial score (nSPS) is 19.5. The zero-order chi connectivity index (χ0) is 29.6. The third-order valence-corrected chi connectivity index (χ3v) is 6.80. The first-order chi connectivity index (χ1) is 20.4. The van der Waals surface area contributed by atoms with Crippen LogP contribution >= 0.6 is 0 Å². The second-order valence-corrected chi connectivity index (χ2v) is 9.83. The molecule has 2 aromatic carbocycles. The summed E-state index contributed by atoms with van der Waals surface area (Å²) in [5, 5.41) is 38.6. The summed E-state index contributed by atoms with van der Waals surface area (Å²) in [5.74, 6) is 0.124. The van der Waals surface area contributed by atoms with Crippen LogP contribution in [0.2, 0.25) is 0 Å². The number of amides is 2. The van der Waals surface area contributed by atoms with E-state index in [0.717, 1.165) is 11.1 Å². The van der Waals surface area contributed by atoms with Crippen molar-refractivity contribution in [1.29, 1.82) is 0 Å². The molecule has 4 atom stereocenters. The van der Waals surface area contributed by atoms with Crippen molar-refractivity contribution in [2.45, 2.75) is 37.4 Å². The lowest BCUT2D eigenvalue weighted by Gasteiger charge is -2.16. The van der Waals surface area contributed by atoms with Crippen molar-refractivity contribution in [3.63, 3.8) is 0 Å². The Bertz CT molecular complexity index is 1530. The maximum absolute atomic E-state index is 12.6. The summed E-state index contributed by atoms with van der Waals surface area (Å²) < 4.78 is 7.09. The molecule has 0 aliphatic carbocycles. The summed E-state index contributed by atoms with van der Waals surface area (Å²) >= 11 is 0. The Kier molecular flexibility index (Phi) is 10.3. The third-order valence-electron chi connectivity index (χ3n) is 6.80. The summed E-state index contributed by atoms with van der Waals surface area (Å²) in [6.07, 6.45) is -1.23. The monoisotopic (exact) mass is 594 g/mol. The molecule has 3 heterocycles. The highest BCUT2D eigenvalue weighted by molar-refractivity contribution is 5.92. The number of ether oxygens (including phenoxy) is 1. The quantitative estimate of drug-likeness (QED) is 0.113. The third kappa shape index (κ3) is 7.29. The topological polar surface area (TPSA) is 241 Å². The van der Waals surface area contributed by atoms with E-state index >= 15 is 0 Å². The number of fused-ring (bicyclic) bond motifs is 1. The first-order valence-corrected chi connectivity index (χ1v) is 13.4. The average Bonchev–Trinajstić information content (AvgIpc) is 3.54. The minimum atomic E-state index is -1.27. The van der Waals surface area contributed by atoms with Crippen molar-refractivity contribution in [3.05, 3.63) is 72.3 Å². The van der Waals surface area contributed by atoms with E-state index in [2.05, 4.69) is 30.9 Å². The van der Waals surface area contributed by atoms with Crippen molar-refractivity contribution < 1.29 is 35.1 Å². The van der Waals surface area contributed by atoms with Gasteiger partial charge in [-0.1, -0.05) is 24.3 Å². The zero-order valence-corrected chi connectivity index (χ0v) is 23.1. The number of benzene rings is 2. The summed E-state index contributed by atoms with van der Waals surface area (Å²) in [7, 11) is 0. The predicted octanol–water partition coefficient (Wildman–Crippen LogP) is -0.845. The number of carbonyl (C=O) groups excluding carboxylic acids is 2. The molecule has 0 saturated carbocycles. The van der Waals surface area contributed by atoms with Crippen LogP contribution in [0.4, 0.5) is 17.2 Å². The number of hydrogen-bond acceptors (Lipinski definition) is 11. The number of nitrogens with one attached hydrogen (secondary N) is 3. The Balaban J connectivity index is 0.00000423. The number of imidazole rings is 1. The van der Waals surface area contributed by atoms with Gasteiger partial charge in [-0.2, -0.15) is 0 Å². The molecule has 0 bridgehead atoms. The SMILES string of the molecule is NCCNC(=O)Cc1ccc(NC(=O)Cc2ccc(Nc3ncnc4c3ncn4[C@@H]3O[C@H](CO)[C@@H](O)[C@@H]3O)cc2)cc1.O. The van der Waals surface area contributed by atoms with Gasteiger partial charge in [-0.15, -0.1) is 0 Å². The fraction of sp³-hybridized carbons (Fsp3) is 0.321. The van der Waals surface area contributed by atoms with E-state index in [9.17, 15) is 24.9 Å². The number of hydrogen-bond donors (Lipinski definition) is 7. The molecule has 15 nitrogen and oxygen atoms in total. The van der Waals surface area contributed by atoms with Gasteiger partial charge in [0, 0.05) is 24.5 Å². The summed E-state index contributed by atoms with van der Waals surface area (Å²) in [5.41, 5.74) is 9.15. The van der Waals surface area contributed by atoms with Crippen LogP contribution in [0.15, 0.2) is 61.2 Å². The molecular formula is C28H34N8O7. The molecule has 1 aliphatic heterocycles.